The Hall–Kier alpha value is -1.78. The van der Waals surface area contributed by atoms with Crippen molar-refractivity contribution in [3.05, 3.63) is 30.5 Å². The monoisotopic (exact) mass is 221 g/mol. The van der Waals surface area contributed by atoms with Crippen LogP contribution in [0.1, 0.15) is 25.0 Å². The zero-order chi connectivity index (χ0) is 11.2. The Kier molecular flexibility index (Phi) is 3.58. The molecule has 0 unspecified atom stereocenters. The molecule has 0 fully saturated rings. The molecule has 0 spiro atoms. The van der Waals surface area contributed by atoms with E-state index in [1.54, 1.807) is 12.3 Å². The number of unbranched alkanes of at least 4 members (excludes halogenated alkanes) is 2. The predicted octanol–water partition coefficient (Wildman–Crippen LogP) is 1.99. The van der Waals surface area contributed by atoms with Gasteiger partial charge in [-0.3, -0.25) is 0 Å². The molecule has 0 aromatic carbocycles. The highest BCUT2D eigenvalue weighted by molar-refractivity contribution is 5.08. The summed E-state index contributed by atoms with van der Waals surface area (Å²) in [4.78, 5) is 3.98. The summed E-state index contributed by atoms with van der Waals surface area (Å²) in [6, 6.07) is 1.57. The zero-order valence-corrected chi connectivity index (χ0v) is 9.04. The van der Waals surface area contributed by atoms with Crippen LogP contribution in [0.4, 0.5) is 0 Å². The summed E-state index contributed by atoms with van der Waals surface area (Å²) in [5.41, 5.74) is 0. The third-order valence-electron chi connectivity index (χ3n) is 2.45. The first-order valence-electron chi connectivity index (χ1n) is 5.45. The molecule has 2 aromatic heterocycles. The van der Waals surface area contributed by atoms with E-state index in [4.69, 9.17) is 9.63 Å². The summed E-state index contributed by atoms with van der Waals surface area (Å²) >= 11 is 0. The quantitative estimate of drug-likeness (QED) is 0.757. The number of nitrogens with zero attached hydrogens (tertiary/aromatic N) is 3. The van der Waals surface area contributed by atoms with E-state index in [0.717, 1.165) is 38.0 Å². The molecule has 1 N–H and O–H groups in total. The molecule has 0 radical (unpaired) electrons. The molecule has 0 saturated carbocycles. The fourth-order valence-electron chi connectivity index (χ4n) is 1.61. The Bertz CT molecular complexity index is 409. The molecule has 2 aromatic rings. The first-order chi connectivity index (χ1) is 7.84. The standard InChI is InChI=1S/C11H15N3O2/c15-11-8-10(16-13-11)4-2-1-3-6-14-7-5-12-9-14/h5,7-9H,1-4,6H2,(H,13,15). The SMILES string of the molecule is Oc1cc(CCCCCn2ccnc2)on1. The second-order valence-corrected chi connectivity index (χ2v) is 3.76. The van der Waals surface area contributed by atoms with E-state index in [2.05, 4.69) is 14.7 Å². The Morgan fingerprint density at radius 1 is 1.31 bits per heavy atom. The first kappa shape index (κ1) is 10.7. The second kappa shape index (κ2) is 5.34. The number of hydrogen-bond acceptors (Lipinski definition) is 4. The van der Waals surface area contributed by atoms with Crippen LogP contribution < -0.4 is 0 Å². The van der Waals surface area contributed by atoms with Crippen LogP contribution in [0.25, 0.3) is 0 Å². The topological polar surface area (TPSA) is 64.1 Å². The van der Waals surface area contributed by atoms with Crippen LogP contribution in [-0.4, -0.2) is 19.8 Å². The molecule has 86 valence electrons. The zero-order valence-electron chi connectivity index (χ0n) is 9.04. The molecule has 0 aliphatic carbocycles. The molecule has 5 nitrogen and oxygen atoms in total. The number of aromatic hydroxyl groups is 1. The van der Waals surface area contributed by atoms with Crippen LogP contribution in [0.3, 0.4) is 0 Å². The van der Waals surface area contributed by atoms with E-state index in [0.29, 0.717) is 0 Å². The summed E-state index contributed by atoms with van der Waals surface area (Å²) in [5.74, 6) is 0.716. The Labute approximate surface area is 93.7 Å². The summed E-state index contributed by atoms with van der Waals surface area (Å²) in [6.07, 6.45) is 9.71. The maximum atomic E-state index is 8.97. The van der Waals surface area contributed by atoms with Crippen molar-refractivity contribution >= 4 is 0 Å². The maximum Gasteiger partial charge on any atom is 0.251 e. The number of hydrogen-bond donors (Lipinski definition) is 1. The van der Waals surface area contributed by atoms with Crippen LogP contribution in [0.2, 0.25) is 0 Å². The smallest absolute Gasteiger partial charge is 0.251 e. The van der Waals surface area contributed by atoms with E-state index in [1.807, 2.05) is 12.5 Å². The lowest BCUT2D eigenvalue weighted by Gasteiger charge is -2.00. The van der Waals surface area contributed by atoms with Crippen LogP contribution >= 0.6 is 0 Å². The number of aromatic nitrogens is 3. The fraction of sp³-hybridized carbons (Fsp3) is 0.455. The van der Waals surface area contributed by atoms with E-state index < -0.39 is 0 Å². The Morgan fingerprint density at radius 2 is 2.25 bits per heavy atom. The van der Waals surface area contributed by atoms with Gasteiger partial charge in [0.25, 0.3) is 5.88 Å². The van der Waals surface area contributed by atoms with Gasteiger partial charge in [-0.2, -0.15) is 0 Å². The lowest BCUT2D eigenvalue weighted by molar-refractivity contribution is 0.339. The number of rotatable bonds is 6. The van der Waals surface area contributed by atoms with Gasteiger partial charge in [0.05, 0.1) is 6.33 Å². The van der Waals surface area contributed by atoms with Crippen LogP contribution in [0, 0.1) is 0 Å². The van der Waals surface area contributed by atoms with Crippen LogP contribution in [0.15, 0.2) is 29.3 Å². The van der Waals surface area contributed by atoms with Gasteiger partial charge in [0.15, 0.2) is 0 Å². The van der Waals surface area contributed by atoms with E-state index >= 15 is 0 Å². The van der Waals surface area contributed by atoms with Crippen molar-refractivity contribution in [2.24, 2.45) is 0 Å². The van der Waals surface area contributed by atoms with Gasteiger partial charge in [-0.05, 0) is 18.0 Å². The molecule has 5 heteroatoms. The third kappa shape index (κ3) is 3.12. The summed E-state index contributed by atoms with van der Waals surface area (Å²) in [6.45, 7) is 1.00. The van der Waals surface area contributed by atoms with E-state index in [-0.39, 0.29) is 5.88 Å². The minimum absolute atomic E-state index is 0.0339. The van der Waals surface area contributed by atoms with Crippen molar-refractivity contribution in [3.63, 3.8) is 0 Å². The normalized spacial score (nSPS) is 10.8. The minimum atomic E-state index is -0.0339. The van der Waals surface area contributed by atoms with Crippen molar-refractivity contribution in [2.75, 3.05) is 0 Å². The Balaban J connectivity index is 1.59. The van der Waals surface area contributed by atoms with Gasteiger partial charge in [0.1, 0.15) is 5.76 Å². The lowest BCUT2D eigenvalue weighted by Crippen LogP contribution is -1.94. The molecular weight excluding hydrogens is 206 g/mol. The fourth-order valence-corrected chi connectivity index (χ4v) is 1.61. The molecule has 0 aliphatic heterocycles. The van der Waals surface area contributed by atoms with Gasteiger partial charge >= 0.3 is 0 Å². The highest BCUT2D eigenvalue weighted by Crippen LogP contribution is 2.12. The van der Waals surface area contributed by atoms with Gasteiger partial charge in [0.2, 0.25) is 0 Å². The maximum absolute atomic E-state index is 8.97. The van der Waals surface area contributed by atoms with Crippen molar-refractivity contribution in [3.8, 4) is 5.88 Å². The number of imidazole rings is 1. The van der Waals surface area contributed by atoms with Gasteiger partial charge in [-0.1, -0.05) is 6.42 Å². The van der Waals surface area contributed by atoms with Crippen LogP contribution in [-0.2, 0) is 13.0 Å². The number of aryl methyl sites for hydroxylation is 2. The molecule has 2 rings (SSSR count). The van der Waals surface area contributed by atoms with E-state index in [9.17, 15) is 0 Å². The first-order valence-corrected chi connectivity index (χ1v) is 5.45. The largest absolute Gasteiger partial charge is 0.491 e. The van der Waals surface area contributed by atoms with Crippen molar-refractivity contribution < 1.29 is 9.63 Å². The summed E-state index contributed by atoms with van der Waals surface area (Å²) < 4.78 is 6.97. The molecule has 0 aliphatic rings. The Morgan fingerprint density at radius 3 is 2.94 bits per heavy atom. The highest BCUT2D eigenvalue weighted by atomic mass is 16.5. The van der Waals surface area contributed by atoms with Crippen molar-refractivity contribution in [1.29, 1.82) is 0 Å². The van der Waals surface area contributed by atoms with Crippen LogP contribution in [0.5, 0.6) is 5.88 Å². The lowest BCUT2D eigenvalue weighted by atomic mass is 10.1. The van der Waals surface area contributed by atoms with Gasteiger partial charge in [0, 0.05) is 31.4 Å². The third-order valence-corrected chi connectivity index (χ3v) is 2.45. The second-order valence-electron chi connectivity index (χ2n) is 3.76. The van der Waals surface area contributed by atoms with Crippen molar-refractivity contribution in [2.45, 2.75) is 32.2 Å². The molecular formula is C11H15N3O2. The average Bonchev–Trinajstić information content (AvgIpc) is 2.89. The average molecular weight is 221 g/mol. The van der Waals surface area contributed by atoms with Gasteiger partial charge in [-0.25, -0.2) is 4.98 Å². The minimum Gasteiger partial charge on any atom is -0.491 e. The molecule has 2 heterocycles. The molecule has 0 amide bonds. The van der Waals surface area contributed by atoms with Gasteiger partial charge in [-0.15, -0.1) is 0 Å². The van der Waals surface area contributed by atoms with Gasteiger partial charge < -0.3 is 14.2 Å². The molecule has 0 atom stereocenters. The summed E-state index contributed by atoms with van der Waals surface area (Å²) in [7, 11) is 0. The van der Waals surface area contributed by atoms with E-state index in [1.165, 1.54) is 0 Å². The highest BCUT2D eigenvalue weighted by Gasteiger charge is 2.01. The summed E-state index contributed by atoms with van der Waals surface area (Å²) in [5, 5.41) is 12.4. The van der Waals surface area contributed by atoms with Crippen molar-refractivity contribution in [1.82, 2.24) is 14.7 Å². The molecule has 0 saturated heterocycles. The molecule has 16 heavy (non-hydrogen) atoms. The molecule has 0 bridgehead atoms. The predicted molar refractivity (Wildman–Crippen MR) is 57.9 cm³/mol.